The zero-order valence-electron chi connectivity index (χ0n) is 16.8. The number of amides is 1. The molecule has 0 atom stereocenters. The molecule has 0 aliphatic carbocycles. The third kappa shape index (κ3) is 7.39. The van der Waals surface area contributed by atoms with Crippen LogP contribution in [0.4, 0.5) is 0 Å². The van der Waals surface area contributed by atoms with Crippen molar-refractivity contribution in [1.82, 2.24) is 15.5 Å². The highest BCUT2D eigenvalue weighted by Gasteiger charge is 2.27. The Morgan fingerprint density at radius 2 is 1.81 bits per heavy atom. The molecule has 6 nitrogen and oxygen atoms in total. The minimum atomic E-state index is -0.554. The molecule has 148 valence electrons. The van der Waals surface area contributed by atoms with Crippen LogP contribution in [0.15, 0.2) is 29.3 Å². The van der Waals surface area contributed by atoms with E-state index in [1.165, 1.54) is 0 Å². The minimum Gasteiger partial charge on any atom is -0.496 e. The zero-order chi connectivity index (χ0) is 18.9. The number of halogens is 1. The molecule has 0 bridgehead atoms. The average molecular weight is 476 g/mol. The van der Waals surface area contributed by atoms with Crippen molar-refractivity contribution in [1.29, 1.82) is 0 Å². The largest absolute Gasteiger partial charge is 0.496 e. The summed E-state index contributed by atoms with van der Waals surface area (Å²) in [6, 6.07) is 7.94. The molecule has 1 rings (SSSR count). The number of carbonyl (C=O) groups is 1. The van der Waals surface area contributed by atoms with E-state index in [2.05, 4.69) is 15.6 Å². The summed E-state index contributed by atoms with van der Waals surface area (Å²) in [5, 5.41) is 6.15. The van der Waals surface area contributed by atoms with Gasteiger partial charge in [0.25, 0.3) is 0 Å². The van der Waals surface area contributed by atoms with Gasteiger partial charge >= 0.3 is 0 Å². The summed E-state index contributed by atoms with van der Waals surface area (Å²) in [4.78, 5) is 18.9. The number of aliphatic imine (C=N–C) groups is 1. The monoisotopic (exact) mass is 476 g/mol. The lowest BCUT2D eigenvalue weighted by molar-refractivity contribution is -0.128. The highest BCUT2D eigenvalue weighted by Crippen LogP contribution is 2.19. The molecule has 0 unspecified atom stereocenters. The van der Waals surface area contributed by atoms with Crippen molar-refractivity contribution < 1.29 is 9.53 Å². The van der Waals surface area contributed by atoms with Gasteiger partial charge in [0.05, 0.1) is 19.1 Å². The third-order valence-electron chi connectivity index (χ3n) is 3.87. The quantitative estimate of drug-likeness (QED) is 0.344. The number of hydrogen-bond donors (Lipinski definition) is 2. The number of benzene rings is 1. The van der Waals surface area contributed by atoms with Gasteiger partial charge in [-0.1, -0.05) is 18.2 Å². The second-order valence-corrected chi connectivity index (χ2v) is 6.58. The number of rotatable bonds is 8. The molecule has 1 aromatic rings. The van der Waals surface area contributed by atoms with E-state index in [1.807, 2.05) is 63.9 Å². The lowest BCUT2D eigenvalue weighted by atomic mass is 9.92. The second kappa shape index (κ2) is 12.0. The van der Waals surface area contributed by atoms with Crippen molar-refractivity contribution in [2.24, 2.45) is 10.4 Å². The molecule has 0 saturated heterocycles. The molecule has 0 heterocycles. The predicted octanol–water partition coefficient (Wildman–Crippen LogP) is 2.87. The smallest absolute Gasteiger partial charge is 0.227 e. The molecular formula is C19H33IN4O2. The summed E-state index contributed by atoms with van der Waals surface area (Å²) >= 11 is 0. The summed E-state index contributed by atoms with van der Waals surface area (Å²) in [6.07, 6.45) is 0. The van der Waals surface area contributed by atoms with E-state index in [9.17, 15) is 4.79 Å². The maximum atomic E-state index is 12.1. The third-order valence-corrected chi connectivity index (χ3v) is 3.87. The van der Waals surface area contributed by atoms with Crippen molar-refractivity contribution >= 4 is 35.8 Å². The van der Waals surface area contributed by atoms with E-state index in [0.29, 0.717) is 19.6 Å². The van der Waals surface area contributed by atoms with Gasteiger partial charge < -0.3 is 20.3 Å². The van der Waals surface area contributed by atoms with Gasteiger partial charge in [-0.25, -0.2) is 0 Å². The van der Waals surface area contributed by atoms with Crippen molar-refractivity contribution in [2.45, 2.75) is 34.2 Å². The Morgan fingerprint density at radius 3 is 2.38 bits per heavy atom. The molecule has 1 aromatic carbocycles. The topological polar surface area (TPSA) is 66.0 Å². The van der Waals surface area contributed by atoms with Gasteiger partial charge in [-0.3, -0.25) is 9.79 Å². The Bertz CT molecular complexity index is 591. The minimum absolute atomic E-state index is 0. The number of para-hydroxylation sites is 1. The van der Waals surface area contributed by atoms with E-state index in [1.54, 1.807) is 7.11 Å². The zero-order valence-corrected chi connectivity index (χ0v) is 19.1. The lowest BCUT2D eigenvalue weighted by Crippen LogP contribution is -2.42. The molecule has 0 aromatic heterocycles. The molecule has 0 aliphatic rings. The Morgan fingerprint density at radius 1 is 1.19 bits per heavy atom. The number of ether oxygens (including phenoxy) is 1. The van der Waals surface area contributed by atoms with Crippen molar-refractivity contribution in [2.75, 3.05) is 33.8 Å². The summed E-state index contributed by atoms with van der Waals surface area (Å²) in [5.41, 5.74) is 0.531. The van der Waals surface area contributed by atoms with E-state index in [4.69, 9.17) is 4.74 Å². The van der Waals surface area contributed by atoms with E-state index < -0.39 is 5.41 Å². The first kappa shape index (κ1) is 24.5. The number of methoxy groups -OCH3 is 1. The number of guanidine groups is 1. The maximum absolute atomic E-state index is 12.1. The fourth-order valence-corrected chi connectivity index (χ4v) is 2.38. The standard InChI is InChI=1S/C19H32N4O2.HI/c1-7-20-17(24)19(3,4)14-22-18(21-8-2)23(5)13-15-11-9-10-12-16(15)25-6;/h9-12H,7-8,13-14H2,1-6H3,(H,20,24)(H,21,22);1H. The summed E-state index contributed by atoms with van der Waals surface area (Å²) in [6.45, 7) is 10.2. The number of hydrogen-bond acceptors (Lipinski definition) is 3. The van der Waals surface area contributed by atoms with E-state index in [0.717, 1.165) is 23.8 Å². The molecule has 26 heavy (non-hydrogen) atoms. The predicted molar refractivity (Wildman–Crippen MR) is 118 cm³/mol. The van der Waals surface area contributed by atoms with Crippen LogP contribution in [0.3, 0.4) is 0 Å². The van der Waals surface area contributed by atoms with Crippen LogP contribution in [0.25, 0.3) is 0 Å². The maximum Gasteiger partial charge on any atom is 0.227 e. The van der Waals surface area contributed by atoms with Crippen LogP contribution in [0.2, 0.25) is 0 Å². The summed E-state index contributed by atoms with van der Waals surface area (Å²) in [7, 11) is 3.65. The van der Waals surface area contributed by atoms with Gasteiger partial charge in [0, 0.05) is 32.2 Å². The molecule has 2 N–H and O–H groups in total. The Balaban J connectivity index is 0.00000625. The van der Waals surface area contributed by atoms with Gasteiger partial charge in [0.1, 0.15) is 5.75 Å². The highest BCUT2D eigenvalue weighted by molar-refractivity contribution is 14.0. The first-order valence-corrected chi connectivity index (χ1v) is 8.75. The normalized spacial score (nSPS) is 11.4. The molecule has 7 heteroatoms. The van der Waals surface area contributed by atoms with Crippen LogP contribution in [0.1, 0.15) is 33.3 Å². The van der Waals surface area contributed by atoms with Crippen LogP contribution in [0, 0.1) is 5.41 Å². The highest BCUT2D eigenvalue weighted by atomic mass is 127. The van der Waals surface area contributed by atoms with E-state index in [-0.39, 0.29) is 29.9 Å². The average Bonchev–Trinajstić information content (AvgIpc) is 2.59. The fraction of sp³-hybridized carbons (Fsp3) is 0.579. The molecule has 1 amide bonds. The molecule has 0 fully saturated rings. The summed E-state index contributed by atoms with van der Waals surface area (Å²) in [5.74, 6) is 1.64. The molecular weight excluding hydrogens is 443 g/mol. The van der Waals surface area contributed by atoms with Crippen LogP contribution in [-0.4, -0.2) is 50.6 Å². The number of nitrogens with zero attached hydrogens (tertiary/aromatic N) is 2. The summed E-state index contributed by atoms with van der Waals surface area (Å²) < 4.78 is 5.42. The Hall–Kier alpha value is -1.51. The molecule has 0 radical (unpaired) electrons. The van der Waals surface area contributed by atoms with Gasteiger partial charge in [-0.15, -0.1) is 24.0 Å². The first-order valence-electron chi connectivity index (χ1n) is 8.75. The van der Waals surface area contributed by atoms with Crippen LogP contribution in [-0.2, 0) is 11.3 Å². The van der Waals surface area contributed by atoms with Gasteiger partial charge in [0.15, 0.2) is 5.96 Å². The molecule has 0 saturated carbocycles. The van der Waals surface area contributed by atoms with Gasteiger partial charge in [-0.2, -0.15) is 0 Å². The first-order chi connectivity index (χ1) is 11.9. The van der Waals surface area contributed by atoms with E-state index >= 15 is 0 Å². The lowest BCUT2D eigenvalue weighted by Gasteiger charge is -2.26. The van der Waals surface area contributed by atoms with Crippen LogP contribution >= 0.6 is 24.0 Å². The van der Waals surface area contributed by atoms with Crippen molar-refractivity contribution in [3.63, 3.8) is 0 Å². The van der Waals surface area contributed by atoms with Crippen molar-refractivity contribution in [3.8, 4) is 5.75 Å². The molecule has 0 spiro atoms. The van der Waals surface area contributed by atoms with Crippen LogP contribution < -0.4 is 15.4 Å². The Labute approximate surface area is 174 Å². The fourth-order valence-electron chi connectivity index (χ4n) is 2.38. The second-order valence-electron chi connectivity index (χ2n) is 6.58. The number of nitrogens with one attached hydrogen (secondary N) is 2. The SMILES string of the molecule is CCNC(=O)C(C)(C)CN=C(NCC)N(C)Cc1ccccc1OC.I. The van der Waals surface area contributed by atoms with Crippen LogP contribution in [0.5, 0.6) is 5.75 Å². The Kier molecular flexibility index (Phi) is 11.3. The van der Waals surface area contributed by atoms with Crippen molar-refractivity contribution in [3.05, 3.63) is 29.8 Å². The molecule has 0 aliphatic heterocycles. The van der Waals surface area contributed by atoms with Gasteiger partial charge in [0.2, 0.25) is 5.91 Å². The van der Waals surface area contributed by atoms with Gasteiger partial charge in [-0.05, 0) is 33.8 Å². The number of carbonyl (C=O) groups excluding carboxylic acids is 1.